The summed E-state index contributed by atoms with van der Waals surface area (Å²) in [6, 6.07) is 22.1. The number of carbonyl (C=O) groups is 1. The van der Waals surface area contributed by atoms with E-state index in [2.05, 4.69) is 10.0 Å². The number of anilines is 3. The van der Waals surface area contributed by atoms with Gasteiger partial charge in [0.25, 0.3) is 31.5 Å². The molecule has 1 aromatic heterocycles. The number of amides is 1. The van der Waals surface area contributed by atoms with E-state index in [0.29, 0.717) is 16.4 Å². The molecule has 5 rings (SSSR count). The predicted molar refractivity (Wildman–Crippen MR) is 184 cm³/mol. The predicted octanol–water partition coefficient (Wildman–Crippen LogP) is 6.32. The number of hydrogen-bond donors (Lipinski definition) is 2. The Morgan fingerprint density at radius 2 is 1.49 bits per heavy atom. The van der Waals surface area contributed by atoms with E-state index in [9.17, 15) is 26.4 Å². The minimum absolute atomic E-state index is 0.0358. The summed E-state index contributed by atoms with van der Waals surface area (Å²) >= 11 is 18.5. The van der Waals surface area contributed by atoms with Crippen LogP contribution in [0.4, 0.5) is 17.1 Å². The first-order valence-electron chi connectivity index (χ1n) is 13.6. The molecular weight excluding hydrogens is 709 g/mol. The lowest BCUT2D eigenvalue weighted by Crippen LogP contribution is -2.32. The Labute approximate surface area is 286 Å². The zero-order chi connectivity index (χ0) is 34.3. The van der Waals surface area contributed by atoms with Crippen molar-refractivity contribution in [1.29, 1.82) is 0 Å². The fourth-order valence-electron chi connectivity index (χ4n) is 4.78. The maximum atomic E-state index is 13.8. The molecule has 0 bridgehead atoms. The molecule has 2 N–H and O–H groups in total. The molecule has 4 aromatic carbocycles. The highest BCUT2D eigenvalue weighted by Crippen LogP contribution is 2.30. The lowest BCUT2D eigenvalue weighted by Gasteiger charge is -2.19. The van der Waals surface area contributed by atoms with Gasteiger partial charge in [0.05, 0.1) is 37.6 Å². The Bertz CT molecular complexity index is 2310. The Morgan fingerprint density at radius 1 is 0.809 bits per heavy atom. The van der Waals surface area contributed by atoms with Gasteiger partial charge in [0, 0.05) is 24.8 Å². The third-order valence-electron chi connectivity index (χ3n) is 7.23. The van der Waals surface area contributed by atoms with E-state index in [1.807, 2.05) is 0 Å². The van der Waals surface area contributed by atoms with Gasteiger partial charge in [-0.05, 0) is 73.7 Å². The van der Waals surface area contributed by atoms with Crippen molar-refractivity contribution in [2.24, 2.45) is 7.05 Å². The summed E-state index contributed by atoms with van der Waals surface area (Å²) < 4.78 is 60.0. The molecule has 1 amide bonds. The number of para-hydroxylation sites is 1. The standard InChI is InChI=1S/C31H26Cl3N5O6S2/c1-19-29(31(41)39(37(19)2)23-10-5-4-6-11-23)38(3)47(44,45)24-13-15-26(33)25(18-24)30(40)35-21-12-14-27(34)28(17-21)46(42,43)36-22-9-7-8-20(32)16-22/h4-18,36H,1-3H3,(H,35,40). The normalized spacial score (nSPS) is 11.7. The Kier molecular flexibility index (Phi) is 9.49. The van der Waals surface area contributed by atoms with Crippen molar-refractivity contribution in [1.82, 2.24) is 9.36 Å². The van der Waals surface area contributed by atoms with Crippen molar-refractivity contribution >= 4 is 77.8 Å². The molecule has 0 spiro atoms. The van der Waals surface area contributed by atoms with Crippen LogP contribution in [0.15, 0.2) is 106 Å². The average Bonchev–Trinajstić information content (AvgIpc) is 3.24. The van der Waals surface area contributed by atoms with E-state index in [4.69, 9.17) is 34.8 Å². The summed E-state index contributed by atoms with van der Waals surface area (Å²) in [5.74, 6) is -0.828. The minimum atomic E-state index is -4.38. The Hall–Kier alpha value is -4.27. The van der Waals surface area contributed by atoms with E-state index in [-0.39, 0.29) is 42.5 Å². The molecule has 0 aliphatic heterocycles. The van der Waals surface area contributed by atoms with E-state index in [1.54, 1.807) is 61.1 Å². The quantitative estimate of drug-likeness (QED) is 0.182. The van der Waals surface area contributed by atoms with E-state index in [0.717, 1.165) is 16.4 Å². The fraction of sp³-hybridized carbons (Fsp3) is 0.0968. The molecular formula is C31H26Cl3N5O6S2. The Balaban J connectivity index is 1.44. The van der Waals surface area contributed by atoms with Crippen LogP contribution < -0.4 is 19.9 Å². The number of hydrogen-bond acceptors (Lipinski definition) is 6. The SMILES string of the molecule is Cc1c(N(C)S(=O)(=O)c2ccc(Cl)c(C(=O)Nc3ccc(Cl)c(S(=O)(=O)Nc4cccc(Cl)c4)c3)c2)c(=O)n(-c2ccccc2)n1C. The summed E-state index contributed by atoms with van der Waals surface area (Å²) in [6.07, 6.45) is 0. The zero-order valence-electron chi connectivity index (χ0n) is 24.9. The van der Waals surface area contributed by atoms with Gasteiger partial charge in [-0.3, -0.25) is 23.3 Å². The topological polar surface area (TPSA) is 140 Å². The van der Waals surface area contributed by atoms with Gasteiger partial charge in [0.15, 0.2) is 0 Å². The van der Waals surface area contributed by atoms with Crippen LogP contribution in [-0.4, -0.2) is 39.2 Å². The molecule has 47 heavy (non-hydrogen) atoms. The number of rotatable bonds is 9. The first-order valence-corrected chi connectivity index (χ1v) is 17.7. The van der Waals surface area contributed by atoms with E-state index >= 15 is 0 Å². The summed E-state index contributed by atoms with van der Waals surface area (Å²) in [5, 5.41) is 2.66. The van der Waals surface area contributed by atoms with Crippen LogP contribution >= 0.6 is 34.8 Å². The number of benzene rings is 4. The maximum absolute atomic E-state index is 13.8. The number of sulfonamides is 2. The van der Waals surface area contributed by atoms with Gasteiger partial charge in [0.1, 0.15) is 10.6 Å². The van der Waals surface area contributed by atoms with Crippen LogP contribution in [0, 0.1) is 6.92 Å². The lowest BCUT2D eigenvalue weighted by atomic mass is 10.2. The lowest BCUT2D eigenvalue weighted by molar-refractivity contribution is 0.102. The zero-order valence-corrected chi connectivity index (χ0v) is 28.8. The van der Waals surface area contributed by atoms with Gasteiger partial charge in [-0.2, -0.15) is 0 Å². The molecule has 0 radical (unpaired) electrons. The third kappa shape index (κ3) is 6.76. The van der Waals surface area contributed by atoms with Crippen LogP contribution in [0.3, 0.4) is 0 Å². The highest BCUT2D eigenvalue weighted by molar-refractivity contribution is 7.93. The molecule has 0 fully saturated rings. The van der Waals surface area contributed by atoms with Crippen molar-refractivity contribution in [3.63, 3.8) is 0 Å². The highest BCUT2D eigenvalue weighted by Gasteiger charge is 2.30. The van der Waals surface area contributed by atoms with Gasteiger partial charge in [-0.25, -0.2) is 21.5 Å². The van der Waals surface area contributed by atoms with Crippen LogP contribution in [-0.2, 0) is 27.1 Å². The summed E-state index contributed by atoms with van der Waals surface area (Å²) in [4.78, 5) is 26.2. The largest absolute Gasteiger partial charge is 0.322 e. The van der Waals surface area contributed by atoms with Crippen molar-refractivity contribution in [2.45, 2.75) is 16.7 Å². The molecule has 0 saturated heterocycles. The summed E-state index contributed by atoms with van der Waals surface area (Å²) in [7, 11) is -5.71. The molecule has 0 unspecified atom stereocenters. The van der Waals surface area contributed by atoms with Gasteiger partial charge in [-0.15, -0.1) is 0 Å². The fourth-order valence-corrected chi connectivity index (χ4v) is 8.03. The molecule has 1 heterocycles. The van der Waals surface area contributed by atoms with Crippen LogP contribution in [0.2, 0.25) is 15.1 Å². The summed E-state index contributed by atoms with van der Waals surface area (Å²) in [6.45, 7) is 1.62. The Morgan fingerprint density at radius 3 is 2.17 bits per heavy atom. The molecule has 5 aromatic rings. The van der Waals surface area contributed by atoms with E-state index < -0.39 is 31.5 Å². The number of carbonyl (C=O) groups excluding carboxylic acids is 1. The van der Waals surface area contributed by atoms with Crippen molar-refractivity contribution < 1.29 is 21.6 Å². The molecule has 11 nitrogen and oxygen atoms in total. The van der Waals surface area contributed by atoms with Crippen molar-refractivity contribution in [3.8, 4) is 5.69 Å². The second-order valence-electron chi connectivity index (χ2n) is 10.2. The van der Waals surface area contributed by atoms with Crippen molar-refractivity contribution in [3.05, 3.63) is 128 Å². The molecule has 0 saturated carbocycles. The first-order chi connectivity index (χ1) is 22.1. The molecule has 16 heteroatoms. The average molecular weight is 735 g/mol. The second-order valence-corrected chi connectivity index (χ2v) is 15.1. The number of nitrogens with zero attached hydrogens (tertiary/aromatic N) is 3. The van der Waals surface area contributed by atoms with Crippen LogP contribution in [0.1, 0.15) is 16.1 Å². The first kappa shape index (κ1) is 34.1. The molecule has 0 aliphatic rings. The number of aromatic nitrogens is 2. The third-order valence-corrected chi connectivity index (χ3v) is 11.4. The molecule has 244 valence electrons. The second kappa shape index (κ2) is 13.1. The van der Waals surface area contributed by atoms with E-state index in [1.165, 1.54) is 48.1 Å². The molecule has 0 aliphatic carbocycles. The van der Waals surface area contributed by atoms with Gasteiger partial charge < -0.3 is 5.32 Å². The smallest absolute Gasteiger partial charge is 0.296 e. The molecule has 0 atom stereocenters. The number of halogens is 3. The van der Waals surface area contributed by atoms with Crippen molar-refractivity contribution in [2.75, 3.05) is 21.4 Å². The van der Waals surface area contributed by atoms with Crippen LogP contribution in [0.25, 0.3) is 5.69 Å². The monoisotopic (exact) mass is 733 g/mol. The van der Waals surface area contributed by atoms with Gasteiger partial charge >= 0.3 is 0 Å². The highest BCUT2D eigenvalue weighted by atomic mass is 35.5. The van der Waals surface area contributed by atoms with Gasteiger partial charge in [-0.1, -0.05) is 59.1 Å². The minimum Gasteiger partial charge on any atom is -0.322 e. The maximum Gasteiger partial charge on any atom is 0.296 e. The summed E-state index contributed by atoms with van der Waals surface area (Å²) in [5.41, 5.74) is 0.297. The van der Waals surface area contributed by atoms with Crippen LogP contribution in [0.5, 0.6) is 0 Å². The number of nitrogens with one attached hydrogen (secondary N) is 2. The van der Waals surface area contributed by atoms with Gasteiger partial charge in [0.2, 0.25) is 0 Å².